The summed E-state index contributed by atoms with van der Waals surface area (Å²) in [4.78, 5) is 20.1. The molecule has 1 amide bonds. The molecule has 25 heavy (non-hydrogen) atoms. The minimum atomic E-state index is -0.184. The quantitative estimate of drug-likeness (QED) is 0.603. The van der Waals surface area contributed by atoms with E-state index >= 15 is 0 Å². The maximum absolute atomic E-state index is 13.9. The third-order valence-corrected chi connectivity index (χ3v) is 4.19. The van der Waals surface area contributed by atoms with Gasteiger partial charge in [0, 0.05) is 52.7 Å². The number of nitrogens with one attached hydrogen (secondary N) is 2. The Hall–Kier alpha value is -2.31. The Balaban J connectivity index is 1.78. The molecule has 1 saturated heterocycles. The first-order chi connectivity index (χ1) is 12.2. The van der Waals surface area contributed by atoms with Gasteiger partial charge in [-0.1, -0.05) is 19.1 Å². The number of hydrogen-bond donors (Lipinski definition) is 2. The maximum Gasteiger partial charge on any atom is 0.221 e. The molecular weight excluding hydrogens is 321 g/mol. The van der Waals surface area contributed by atoms with Crippen LogP contribution in [0.2, 0.25) is 0 Å². The van der Waals surface area contributed by atoms with Crippen LogP contribution >= 0.6 is 0 Å². The number of hydrogen-bond acceptors (Lipinski definition) is 3. The number of anilines is 1. The molecule has 0 bridgehead atoms. The normalized spacial score (nSPS) is 15.2. The number of amides is 1. The zero-order chi connectivity index (χ0) is 18.1. The molecule has 7 heteroatoms. The number of aliphatic imine (C=N–C) groups is 1. The van der Waals surface area contributed by atoms with E-state index < -0.39 is 0 Å². The third kappa shape index (κ3) is 5.62. The van der Waals surface area contributed by atoms with Crippen LogP contribution in [0, 0.1) is 5.82 Å². The van der Waals surface area contributed by atoms with Gasteiger partial charge < -0.3 is 20.4 Å². The van der Waals surface area contributed by atoms with E-state index in [2.05, 4.69) is 25.4 Å². The fourth-order valence-electron chi connectivity index (χ4n) is 2.84. The highest BCUT2D eigenvalue weighted by molar-refractivity contribution is 5.81. The molecule has 0 aliphatic carbocycles. The van der Waals surface area contributed by atoms with Gasteiger partial charge in [-0.2, -0.15) is 0 Å². The molecule has 0 spiro atoms. The summed E-state index contributed by atoms with van der Waals surface area (Å²) in [6.45, 7) is 6.28. The molecular formula is C18H28FN5O. The van der Waals surface area contributed by atoms with Crippen molar-refractivity contribution in [2.75, 3.05) is 51.2 Å². The van der Waals surface area contributed by atoms with Gasteiger partial charge in [0.25, 0.3) is 0 Å². The van der Waals surface area contributed by atoms with Crippen LogP contribution in [-0.4, -0.2) is 63.1 Å². The first kappa shape index (κ1) is 19.0. The summed E-state index contributed by atoms with van der Waals surface area (Å²) in [7, 11) is 1.74. The van der Waals surface area contributed by atoms with Gasteiger partial charge in [0.1, 0.15) is 5.82 Å². The van der Waals surface area contributed by atoms with Gasteiger partial charge >= 0.3 is 0 Å². The van der Waals surface area contributed by atoms with Crippen molar-refractivity contribution in [3.63, 3.8) is 0 Å². The van der Waals surface area contributed by atoms with Gasteiger partial charge in [-0.05, 0) is 18.6 Å². The van der Waals surface area contributed by atoms with Gasteiger partial charge in [-0.25, -0.2) is 4.39 Å². The molecule has 1 aliphatic rings. The summed E-state index contributed by atoms with van der Waals surface area (Å²) in [6.07, 6.45) is 1.36. The Kier molecular flexibility index (Phi) is 7.50. The first-order valence-corrected chi connectivity index (χ1v) is 8.87. The van der Waals surface area contributed by atoms with Crippen molar-refractivity contribution < 1.29 is 9.18 Å². The molecule has 138 valence electrons. The molecule has 6 nitrogen and oxygen atoms in total. The number of carbonyl (C=O) groups is 1. The number of piperazine rings is 1. The smallest absolute Gasteiger partial charge is 0.221 e. The van der Waals surface area contributed by atoms with Gasteiger partial charge in [-0.3, -0.25) is 9.79 Å². The maximum atomic E-state index is 13.9. The summed E-state index contributed by atoms with van der Waals surface area (Å²) in [5.74, 6) is 0.655. The Bertz CT molecular complexity index is 585. The second kappa shape index (κ2) is 9.86. The van der Waals surface area contributed by atoms with Gasteiger partial charge in [0.2, 0.25) is 5.91 Å². The van der Waals surface area contributed by atoms with Gasteiger partial charge in [0.15, 0.2) is 5.96 Å². The van der Waals surface area contributed by atoms with E-state index in [0.29, 0.717) is 25.2 Å². The van der Waals surface area contributed by atoms with Crippen LogP contribution in [0.15, 0.2) is 29.3 Å². The molecule has 1 fully saturated rings. The Morgan fingerprint density at radius 2 is 1.88 bits per heavy atom. The lowest BCUT2D eigenvalue weighted by molar-refractivity contribution is -0.120. The lowest BCUT2D eigenvalue weighted by Crippen LogP contribution is -2.53. The van der Waals surface area contributed by atoms with Crippen molar-refractivity contribution in [2.24, 2.45) is 4.99 Å². The van der Waals surface area contributed by atoms with Crippen LogP contribution in [0.3, 0.4) is 0 Å². The number of nitrogens with zero attached hydrogens (tertiary/aromatic N) is 3. The Labute approximate surface area is 149 Å². The second-order valence-corrected chi connectivity index (χ2v) is 6.00. The molecule has 0 radical (unpaired) electrons. The average Bonchev–Trinajstić information content (AvgIpc) is 2.64. The minimum absolute atomic E-state index is 0.0502. The average molecular weight is 349 g/mol. The fraction of sp³-hybridized carbons (Fsp3) is 0.556. The van der Waals surface area contributed by atoms with E-state index in [-0.39, 0.29) is 11.7 Å². The highest BCUT2D eigenvalue weighted by Gasteiger charge is 2.21. The monoisotopic (exact) mass is 349 g/mol. The molecule has 0 unspecified atom stereocenters. The molecule has 2 rings (SSSR count). The lowest BCUT2D eigenvalue weighted by atomic mass is 10.2. The summed E-state index contributed by atoms with van der Waals surface area (Å²) in [6, 6.07) is 6.87. The van der Waals surface area contributed by atoms with Crippen LogP contribution in [0.25, 0.3) is 0 Å². The molecule has 0 saturated carbocycles. The number of halogens is 1. The zero-order valence-electron chi connectivity index (χ0n) is 15.1. The summed E-state index contributed by atoms with van der Waals surface area (Å²) in [5, 5.41) is 6.09. The highest BCUT2D eigenvalue weighted by atomic mass is 19.1. The number of carbonyl (C=O) groups excluding carboxylic acids is 1. The molecule has 2 N–H and O–H groups in total. The van der Waals surface area contributed by atoms with E-state index in [4.69, 9.17) is 0 Å². The summed E-state index contributed by atoms with van der Waals surface area (Å²) in [5.41, 5.74) is 0.651. The molecule has 1 aromatic carbocycles. The topological polar surface area (TPSA) is 60.0 Å². The van der Waals surface area contributed by atoms with Crippen molar-refractivity contribution in [1.82, 2.24) is 15.5 Å². The highest BCUT2D eigenvalue weighted by Crippen LogP contribution is 2.20. The van der Waals surface area contributed by atoms with Crippen LogP contribution in [-0.2, 0) is 4.79 Å². The van der Waals surface area contributed by atoms with Crippen molar-refractivity contribution in [1.29, 1.82) is 0 Å². The van der Waals surface area contributed by atoms with Gasteiger partial charge in [0.05, 0.1) is 5.69 Å². The van der Waals surface area contributed by atoms with Crippen LogP contribution in [0.4, 0.5) is 10.1 Å². The van der Waals surface area contributed by atoms with Crippen molar-refractivity contribution in [3.05, 3.63) is 30.1 Å². The molecule has 0 atom stereocenters. The van der Waals surface area contributed by atoms with Crippen molar-refractivity contribution >= 4 is 17.6 Å². The molecule has 1 aliphatic heterocycles. The van der Waals surface area contributed by atoms with Crippen molar-refractivity contribution in [2.45, 2.75) is 19.8 Å². The third-order valence-electron chi connectivity index (χ3n) is 4.19. The number of rotatable bonds is 6. The minimum Gasteiger partial charge on any atom is -0.366 e. The standard InChI is InChI=1S/C18H28FN5O/c1-3-9-21-17(25)8-10-22-18(20-2)24-13-11-23(12-14-24)16-7-5-4-6-15(16)19/h4-7H,3,8-14H2,1-2H3,(H,20,22)(H,21,25). The van der Waals surface area contributed by atoms with E-state index in [9.17, 15) is 9.18 Å². The largest absolute Gasteiger partial charge is 0.366 e. The van der Waals surface area contributed by atoms with Crippen LogP contribution in [0.1, 0.15) is 19.8 Å². The van der Waals surface area contributed by atoms with Gasteiger partial charge in [-0.15, -0.1) is 0 Å². The molecule has 1 heterocycles. The number of benzene rings is 1. The summed E-state index contributed by atoms with van der Waals surface area (Å²) < 4.78 is 13.9. The van der Waals surface area contributed by atoms with E-state index in [1.807, 2.05) is 19.1 Å². The van der Waals surface area contributed by atoms with E-state index in [0.717, 1.165) is 38.6 Å². The van der Waals surface area contributed by atoms with Crippen LogP contribution < -0.4 is 15.5 Å². The predicted octanol–water partition coefficient (Wildman–Crippen LogP) is 1.44. The Morgan fingerprint density at radius 3 is 2.52 bits per heavy atom. The lowest BCUT2D eigenvalue weighted by Gasteiger charge is -2.37. The van der Waals surface area contributed by atoms with E-state index in [1.54, 1.807) is 13.1 Å². The van der Waals surface area contributed by atoms with E-state index in [1.165, 1.54) is 6.07 Å². The summed E-state index contributed by atoms with van der Waals surface area (Å²) >= 11 is 0. The predicted molar refractivity (Wildman–Crippen MR) is 99.5 cm³/mol. The first-order valence-electron chi connectivity index (χ1n) is 8.87. The Morgan fingerprint density at radius 1 is 1.16 bits per heavy atom. The van der Waals surface area contributed by atoms with Crippen molar-refractivity contribution in [3.8, 4) is 0 Å². The second-order valence-electron chi connectivity index (χ2n) is 6.00. The molecule has 0 aromatic heterocycles. The fourth-order valence-corrected chi connectivity index (χ4v) is 2.84. The number of para-hydroxylation sites is 1. The number of guanidine groups is 1. The SMILES string of the molecule is CCCNC(=O)CCNC(=NC)N1CCN(c2ccccc2F)CC1. The zero-order valence-corrected chi connectivity index (χ0v) is 15.1. The van der Waals surface area contributed by atoms with Crippen LogP contribution in [0.5, 0.6) is 0 Å². The molecule has 1 aromatic rings.